The van der Waals surface area contributed by atoms with Crippen molar-refractivity contribution in [2.75, 3.05) is 0 Å². The van der Waals surface area contributed by atoms with Crippen molar-refractivity contribution in [3.63, 3.8) is 0 Å². The molecule has 12 aromatic rings. The SMILES string of the molecule is Cc1cccc(-c2cncc3ccc(C(N)=O)nc23)c1.Cc1ccccc1-c1cncc2ccc(C(N)=O)nc12.Cc1ccccc1-c1cncc2ccc(C(N)=O)nc12.NC(=O)c1ccc2cncc(-c3ccccc3F)c2n1. The molecule has 17 heteroatoms. The number of primary amides is 4. The summed E-state index contributed by atoms with van der Waals surface area (Å²) in [5, 5.41) is 3.37. The fourth-order valence-corrected chi connectivity index (χ4v) is 8.77. The van der Waals surface area contributed by atoms with Gasteiger partial charge in [-0.05, 0) is 103 Å². The Hall–Kier alpha value is -11.1. The van der Waals surface area contributed by atoms with Gasteiger partial charge in [0.25, 0.3) is 23.6 Å². The van der Waals surface area contributed by atoms with Crippen LogP contribution in [0, 0.1) is 26.6 Å². The van der Waals surface area contributed by atoms with Crippen molar-refractivity contribution < 1.29 is 23.6 Å². The monoisotopic (exact) mass is 1060 g/mol. The van der Waals surface area contributed by atoms with Gasteiger partial charge in [-0.1, -0.05) is 96.6 Å². The number of rotatable bonds is 8. The van der Waals surface area contributed by atoms with Crippen LogP contribution in [0.1, 0.15) is 58.6 Å². The number of benzene rings is 4. The van der Waals surface area contributed by atoms with Crippen molar-refractivity contribution in [2.45, 2.75) is 20.8 Å². The lowest BCUT2D eigenvalue weighted by Crippen LogP contribution is -2.12. The Kier molecular flexibility index (Phi) is 16.0. The molecule has 16 nitrogen and oxygen atoms in total. The van der Waals surface area contributed by atoms with Crippen molar-refractivity contribution in [3.8, 4) is 44.5 Å². The Morgan fingerprint density at radius 3 is 1.01 bits per heavy atom. The van der Waals surface area contributed by atoms with Crippen molar-refractivity contribution >= 4 is 67.2 Å². The zero-order valence-corrected chi connectivity index (χ0v) is 43.4. The fraction of sp³-hybridized carbons (Fsp3) is 0.0476. The van der Waals surface area contributed by atoms with Crippen LogP contribution in [0.2, 0.25) is 0 Å². The number of carbonyl (C=O) groups excluding carboxylic acids is 4. The minimum absolute atomic E-state index is 0.140. The predicted octanol–water partition coefficient (Wildman–Crippen LogP) is 10.6. The van der Waals surface area contributed by atoms with Crippen molar-refractivity contribution in [3.05, 3.63) is 240 Å². The number of pyridine rings is 8. The maximum absolute atomic E-state index is 13.9. The van der Waals surface area contributed by atoms with Gasteiger partial charge in [0, 0.05) is 98.9 Å². The summed E-state index contributed by atoms with van der Waals surface area (Å²) in [5.74, 6) is -2.57. The molecule has 0 aliphatic heterocycles. The Labute approximate surface area is 457 Å². The number of aryl methyl sites for hydroxylation is 3. The molecule has 0 fully saturated rings. The second-order valence-electron chi connectivity index (χ2n) is 18.3. The highest BCUT2D eigenvalue weighted by atomic mass is 19.1. The van der Waals surface area contributed by atoms with Gasteiger partial charge in [0.05, 0.1) is 22.1 Å². The molecule has 0 saturated carbocycles. The first-order valence-electron chi connectivity index (χ1n) is 24.8. The first kappa shape index (κ1) is 53.7. The third-order valence-electron chi connectivity index (χ3n) is 12.8. The standard InChI is InChI=1S/3C16H13N3O.C15H10FN3O/c1-10-3-2-4-11(7-10)13-9-18-8-12-5-6-14(16(17)20)19-15(12)13;2*1-10-4-2-3-5-12(10)13-9-18-8-11-6-7-14(16(17)20)19-15(11)13;16-12-4-2-1-3-10(12)11-8-18-7-9-5-6-13(15(17)20)19-14(9)11/h3*2-9H,1H3,(H2,17,20);1-8H,(H2,17,20). The average Bonchev–Trinajstić information content (AvgIpc) is 3.48. The lowest BCUT2D eigenvalue weighted by Gasteiger charge is -2.09. The topological polar surface area (TPSA) is 275 Å². The van der Waals surface area contributed by atoms with Gasteiger partial charge < -0.3 is 22.9 Å². The van der Waals surface area contributed by atoms with E-state index in [0.29, 0.717) is 16.6 Å². The normalized spacial score (nSPS) is 10.7. The summed E-state index contributed by atoms with van der Waals surface area (Å²) in [6.07, 6.45) is 13.6. The average molecular weight is 1060 g/mol. The summed E-state index contributed by atoms with van der Waals surface area (Å²) in [6.45, 7) is 6.10. The molecular formula is C63H49FN12O4. The number of hydrogen-bond acceptors (Lipinski definition) is 12. The van der Waals surface area contributed by atoms with E-state index in [1.54, 1.807) is 85.8 Å². The first-order valence-corrected chi connectivity index (χ1v) is 24.8. The van der Waals surface area contributed by atoms with Gasteiger partial charge in [-0.2, -0.15) is 0 Å². The minimum Gasteiger partial charge on any atom is -0.364 e. The van der Waals surface area contributed by atoms with Gasteiger partial charge in [0.1, 0.15) is 28.6 Å². The van der Waals surface area contributed by atoms with Crippen LogP contribution in [0.5, 0.6) is 0 Å². The van der Waals surface area contributed by atoms with E-state index >= 15 is 0 Å². The zero-order valence-electron chi connectivity index (χ0n) is 43.4. The lowest BCUT2D eigenvalue weighted by molar-refractivity contribution is 0.0987. The van der Waals surface area contributed by atoms with Gasteiger partial charge in [-0.3, -0.25) is 39.1 Å². The maximum Gasteiger partial charge on any atom is 0.267 e. The highest BCUT2D eigenvalue weighted by Crippen LogP contribution is 2.32. The maximum atomic E-state index is 13.9. The molecule has 0 radical (unpaired) electrons. The molecule has 80 heavy (non-hydrogen) atoms. The Morgan fingerprint density at radius 1 is 0.338 bits per heavy atom. The van der Waals surface area contributed by atoms with E-state index < -0.39 is 23.6 Å². The highest BCUT2D eigenvalue weighted by molar-refractivity contribution is 6.01. The molecule has 0 atom stereocenters. The van der Waals surface area contributed by atoms with E-state index in [4.69, 9.17) is 22.9 Å². The quantitative estimate of drug-likeness (QED) is 0.111. The molecule has 392 valence electrons. The fourth-order valence-electron chi connectivity index (χ4n) is 8.77. The van der Waals surface area contributed by atoms with Crippen LogP contribution in [-0.4, -0.2) is 63.5 Å². The molecule has 0 unspecified atom stereocenters. The van der Waals surface area contributed by atoms with E-state index in [1.807, 2.05) is 106 Å². The molecule has 0 saturated heterocycles. The van der Waals surface area contributed by atoms with Crippen LogP contribution in [0.3, 0.4) is 0 Å². The first-order chi connectivity index (χ1) is 38.6. The summed E-state index contributed by atoms with van der Waals surface area (Å²) in [7, 11) is 0. The number of aromatic nitrogens is 8. The number of fused-ring (bicyclic) bond motifs is 4. The Bertz CT molecular complexity index is 4030. The van der Waals surface area contributed by atoms with Crippen LogP contribution in [0.15, 0.2) is 195 Å². The molecule has 0 aliphatic carbocycles. The van der Waals surface area contributed by atoms with E-state index in [0.717, 1.165) is 88.2 Å². The van der Waals surface area contributed by atoms with Crippen LogP contribution < -0.4 is 22.9 Å². The van der Waals surface area contributed by atoms with Gasteiger partial charge in [-0.25, -0.2) is 24.3 Å². The number of hydrogen-bond donors (Lipinski definition) is 4. The van der Waals surface area contributed by atoms with E-state index in [1.165, 1.54) is 18.3 Å². The van der Waals surface area contributed by atoms with Crippen LogP contribution in [0.4, 0.5) is 4.39 Å². The molecular weight excluding hydrogens is 1010 g/mol. The molecule has 0 aliphatic rings. The number of halogens is 1. The molecule has 8 aromatic heterocycles. The van der Waals surface area contributed by atoms with E-state index in [9.17, 15) is 23.6 Å². The second-order valence-corrected chi connectivity index (χ2v) is 18.3. The third kappa shape index (κ3) is 12.0. The van der Waals surface area contributed by atoms with Crippen LogP contribution in [-0.2, 0) is 0 Å². The molecule has 4 aromatic carbocycles. The molecule has 4 amide bonds. The van der Waals surface area contributed by atoms with Crippen molar-refractivity contribution in [2.24, 2.45) is 22.9 Å². The largest absolute Gasteiger partial charge is 0.364 e. The summed E-state index contributed by atoms with van der Waals surface area (Å²) in [4.78, 5) is 79.3. The van der Waals surface area contributed by atoms with Gasteiger partial charge in [0.2, 0.25) is 0 Å². The minimum atomic E-state index is -0.622. The summed E-state index contributed by atoms with van der Waals surface area (Å²) < 4.78 is 13.9. The van der Waals surface area contributed by atoms with Crippen molar-refractivity contribution in [1.82, 2.24) is 39.9 Å². The van der Waals surface area contributed by atoms with Gasteiger partial charge in [0.15, 0.2) is 0 Å². The summed E-state index contributed by atoms with van der Waals surface area (Å²) in [6, 6.07) is 44.0. The second kappa shape index (κ2) is 23.9. The highest BCUT2D eigenvalue weighted by Gasteiger charge is 2.15. The molecule has 8 N–H and O–H groups in total. The summed E-state index contributed by atoms with van der Waals surface area (Å²) >= 11 is 0. The molecule has 8 heterocycles. The molecule has 0 bridgehead atoms. The van der Waals surface area contributed by atoms with Crippen molar-refractivity contribution in [1.29, 1.82) is 0 Å². The molecule has 0 spiro atoms. The Balaban J connectivity index is 0.000000129. The molecule has 12 rings (SSSR count). The number of carbonyl (C=O) groups is 4. The Morgan fingerprint density at radius 2 is 0.662 bits per heavy atom. The van der Waals surface area contributed by atoms with Gasteiger partial charge in [-0.15, -0.1) is 0 Å². The van der Waals surface area contributed by atoms with Crippen LogP contribution in [0.25, 0.3) is 88.1 Å². The predicted molar refractivity (Wildman–Crippen MR) is 308 cm³/mol. The van der Waals surface area contributed by atoms with E-state index in [-0.39, 0.29) is 28.6 Å². The lowest BCUT2D eigenvalue weighted by atomic mass is 10.00. The third-order valence-corrected chi connectivity index (χ3v) is 12.8. The van der Waals surface area contributed by atoms with Crippen LogP contribution >= 0.6 is 0 Å². The summed E-state index contributed by atoms with van der Waals surface area (Å²) in [5.41, 5.74) is 35.0. The van der Waals surface area contributed by atoms with Gasteiger partial charge >= 0.3 is 0 Å². The number of amides is 4. The van der Waals surface area contributed by atoms with E-state index in [2.05, 4.69) is 45.9 Å². The zero-order chi connectivity index (χ0) is 56.5. The smallest absolute Gasteiger partial charge is 0.267 e. The number of nitrogens with two attached hydrogens (primary N) is 4. The number of nitrogens with zero attached hydrogens (tertiary/aromatic N) is 8.